The lowest BCUT2D eigenvalue weighted by Gasteiger charge is -2.16. The molecule has 1 amide bonds. The van der Waals surface area contributed by atoms with Crippen molar-refractivity contribution in [2.45, 2.75) is 19.9 Å². The first-order valence-corrected chi connectivity index (χ1v) is 7.19. The molecule has 0 radical (unpaired) electrons. The second-order valence-electron chi connectivity index (χ2n) is 4.84. The lowest BCUT2D eigenvalue weighted by atomic mass is 10.1. The van der Waals surface area contributed by atoms with Crippen LogP contribution >= 0.6 is 15.9 Å². The molecule has 4 heteroatoms. The molecule has 0 aliphatic heterocycles. The minimum absolute atomic E-state index is 0.0644. The highest BCUT2D eigenvalue weighted by molar-refractivity contribution is 9.10. The molecule has 1 atom stereocenters. The van der Waals surface area contributed by atoms with Crippen molar-refractivity contribution in [3.05, 3.63) is 63.6 Å². The van der Waals surface area contributed by atoms with E-state index in [0.717, 1.165) is 10.0 Å². The van der Waals surface area contributed by atoms with E-state index >= 15 is 0 Å². The largest absolute Gasteiger partial charge is 0.398 e. The van der Waals surface area contributed by atoms with Crippen molar-refractivity contribution in [2.75, 3.05) is 5.73 Å². The van der Waals surface area contributed by atoms with Gasteiger partial charge in [-0.2, -0.15) is 0 Å². The summed E-state index contributed by atoms with van der Waals surface area (Å²) in [4.78, 5) is 12.2. The third kappa shape index (κ3) is 3.39. The van der Waals surface area contributed by atoms with Gasteiger partial charge in [0.1, 0.15) is 0 Å². The quantitative estimate of drug-likeness (QED) is 0.839. The summed E-state index contributed by atoms with van der Waals surface area (Å²) in [6.45, 7) is 3.99. The summed E-state index contributed by atoms with van der Waals surface area (Å²) in [5.74, 6) is -0.163. The Labute approximate surface area is 127 Å². The molecule has 2 rings (SSSR count). The summed E-state index contributed by atoms with van der Waals surface area (Å²) in [5.41, 5.74) is 9.08. The van der Waals surface area contributed by atoms with Gasteiger partial charge in [0, 0.05) is 10.2 Å². The van der Waals surface area contributed by atoms with Gasteiger partial charge in [-0.05, 0) is 37.6 Å². The molecule has 20 heavy (non-hydrogen) atoms. The third-order valence-corrected chi connectivity index (χ3v) is 3.64. The van der Waals surface area contributed by atoms with Gasteiger partial charge in [0.2, 0.25) is 0 Å². The molecular weight excluding hydrogens is 316 g/mol. The highest BCUT2D eigenvalue weighted by atomic mass is 79.9. The number of nitrogen functional groups attached to an aromatic ring is 1. The van der Waals surface area contributed by atoms with Gasteiger partial charge in [0.25, 0.3) is 5.91 Å². The second-order valence-corrected chi connectivity index (χ2v) is 5.76. The number of carbonyl (C=O) groups is 1. The zero-order chi connectivity index (χ0) is 14.7. The zero-order valence-corrected chi connectivity index (χ0v) is 13.1. The molecule has 3 nitrogen and oxygen atoms in total. The van der Waals surface area contributed by atoms with Gasteiger partial charge in [-0.1, -0.05) is 45.8 Å². The van der Waals surface area contributed by atoms with Crippen LogP contribution in [0, 0.1) is 6.92 Å². The van der Waals surface area contributed by atoms with Gasteiger partial charge < -0.3 is 11.1 Å². The number of anilines is 1. The van der Waals surface area contributed by atoms with Crippen LogP contribution in [0.3, 0.4) is 0 Å². The van der Waals surface area contributed by atoms with Crippen molar-refractivity contribution < 1.29 is 4.79 Å². The monoisotopic (exact) mass is 332 g/mol. The first-order chi connectivity index (χ1) is 9.47. The van der Waals surface area contributed by atoms with E-state index in [2.05, 4.69) is 27.3 Å². The maximum absolute atomic E-state index is 12.2. The van der Waals surface area contributed by atoms with Crippen molar-refractivity contribution >= 4 is 27.5 Å². The standard InChI is InChI=1S/C16H17BrN2O/c1-10-4-3-5-12(8-10)11(2)19-16(20)14-7-6-13(17)9-15(14)18/h3-9,11H,18H2,1-2H3,(H,19,20)/t11-/m0/s1. The van der Waals surface area contributed by atoms with Gasteiger partial charge in [-0.15, -0.1) is 0 Å². The van der Waals surface area contributed by atoms with Crippen LogP contribution in [-0.2, 0) is 0 Å². The number of carbonyl (C=O) groups excluding carboxylic acids is 1. The normalized spacial score (nSPS) is 11.9. The number of hydrogen-bond acceptors (Lipinski definition) is 2. The van der Waals surface area contributed by atoms with E-state index < -0.39 is 0 Å². The van der Waals surface area contributed by atoms with Crippen molar-refractivity contribution in [3.8, 4) is 0 Å². The lowest BCUT2D eigenvalue weighted by Crippen LogP contribution is -2.27. The van der Waals surface area contributed by atoms with E-state index in [4.69, 9.17) is 5.73 Å². The predicted molar refractivity (Wildman–Crippen MR) is 85.6 cm³/mol. The van der Waals surface area contributed by atoms with Crippen LogP contribution in [0.4, 0.5) is 5.69 Å². The minimum atomic E-state index is -0.163. The van der Waals surface area contributed by atoms with Crippen LogP contribution < -0.4 is 11.1 Å². The minimum Gasteiger partial charge on any atom is -0.398 e. The number of halogens is 1. The molecule has 0 unspecified atom stereocenters. The Morgan fingerprint density at radius 2 is 2.00 bits per heavy atom. The fourth-order valence-corrected chi connectivity index (χ4v) is 2.42. The molecule has 104 valence electrons. The van der Waals surface area contributed by atoms with E-state index in [1.807, 2.05) is 38.1 Å². The lowest BCUT2D eigenvalue weighted by molar-refractivity contribution is 0.0941. The van der Waals surface area contributed by atoms with E-state index in [1.54, 1.807) is 12.1 Å². The molecule has 0 fully saturated rings. The van der Waals surface area contributed by atoms with Crippen LogP contribution in [0.25, 0.3) is 0 Å². The fraction of sp³-hybridized carbons (Fsp3) is 0.188. The van der Waals surface area contributed by atoms with Crippen LogP contribution in [-0.4, -0.2) is 5.91 Å². The van der Waals surface area contributed by atoms with Crippen LogP contribution in [0.2, 0.25) is 0 Å². The Bertz CT molecular complexity index is 640. The Hall–Kier alpha value is -1.81. The van der Waals surface area contributed by atoms with Crippen molar-refractivity contribution in [1.29, 1.82) is 0 Å². The first-order valence-electron chi connectivity index (χ1n) is 6.40. The average molecular weight is 333 g/mol. The second kappa shape index (κ2) is 6.09. The topological polar surface area (TPSA) is 55.1 Å². The molecule has 2 aromatic rings. The summed E-state index contributed by atoms with van der Waals surface area (Å²) < 4.78 is 0.860. The molecule has 0 saturated carbocycles. The number of amides is 1. The van der Waals surface area contributed by atoms with Gasteiger partial charge in [-0.25, -0.2) is 0 Å². The molecule has 0 aliphatic carbocycles. The highest BCUT2D eigenvalue weighted by Gasteiger charge is 2.14. The van der Waals surface area contributed by atoms with E-state index in [-0.39, 0.29) is 11.9 Å². The molecule has 2 aromatic carbocycles. The number of hydrogen-bond donors (Lipinski definition) is 2. The number of rotatable bonds is 3. The Morgan fingerprint density at radius 3 is 2.65 bits per heavy atom. The van der Waals surface area contributed by atoms with E-state index in [9.17, 15) is 4.79 Å². The van der Waals surface area contributed by atoms with Gasteiger partial charge in [-0.3, -0.25) is 4.79 Å². The zero-order valence-electron chi connectivity index (χ0n) is 11.5. The van der Waals surface area contributed by atoms with E-state index in [1.165, 1.54) is 5.56 Å². The molecular formula is C16H17BrN2O. The molecule has 0 heterocycles. The maximum atomic E-state index is 12.2. The average Bonchev–Trinajstić information content (AvgIpc) is 2.38. The Morgan fingerprint density at radius 1 is 1.25 bits per heavy atom. The molecule has 0 bridgehead atoms. The molecule has 0 aliphatic rings. The van der Waals surface area contributed by atoms with Crippen molar-refractivity contribution in [2.24, 2.45) is 0 Å². The van der Waals surface area contributed by atoms with Crippen LogP contribution in [0.15, 0.2) is 46.9 Å². The van der Waals surface area contributed by atoms with Crippen molar-refractivity contribution in [3.63, 3.8) is 0 Å². The summed E-state index contributed by atoms with van der Waals surface area (Å²) in [5, 5.41) is 2.97. The van der Waals surface area contributed by atoms with E-state index in [0.29, 0.717) is 11.3 Å². The highest BCUT2D eigenvalue weighted by Crippen LogP contribution is 2.20. The Kier molecular flexibility index (Phi) is 4.45. The first kappa shape index (κ1) is 14.6. The van der Waals surface area contributed by atoms with Crippen LogP contribution in [0.1, 0.15) is 34.5 Å². The summed E-state index contributed by atoms with van der Waals surface area (Å²) in [6.07, 6.45) is 0. The van der Waals surface area contributed by atoms with Crippen LogP contribution in [0.5, 0.6) is 0 Å². The van der Waals surface area contributed by atoms with Gasteiger partial charge in [0.15, 0.2) is 0 Å². The fourth-order valence-electron chi connectivity index (χ4n) is 2.04. The van der Waals surface area contributed by atoms with Gasteiger partial charge >= 0.3 is 0 Å². The molecule has 0 spiro atoms. The number of nitrogens with two attached hydrogens (primary N) is 1. The summed E-state index contributed by atoms with van der Waals surface area (Å²) >= 11 is 3.33. The van der Waals surface area contributed by atoms with Crippen molar-refractivity contribution in [1.82, 2.24) is 5.32 Å². The predicted octanol–water partition coefficient (Wildman–Crippen LogP) is 3.83. The molecule has 0 saturated heterocycles. The van der Waals surface area contributed by atoms with Gasteiger partial charge in [0.05, 0.1) is 11.6 Å². The number of aryl methyl sites for hydroxylation is 1. The third-order valence-electron chi connectivity index (χ3n) is 3.15. The summed E-state index contributed by atoms with van der Waals surface area (Å²) in [7, 11) is 0. The summed E-state index contributed by atoms with van der Waals surface area (Å²) in [6, 6.07) is 13.3. The SMILES string of the molecule is Cc1cccc([C@H](C)NC(=O)c2ccc(Br)cc2N)c1. The Balaban J connectivity index is 2.15. The maximum Gasteiger partial charge on any atom is 0.253 e. The number of nitrogens with one attached hydrogen (secondary N) is 1. The molecule has 3 N–H and O–H groups in total. The number of benzene rings is 2. The molecule has 0 aromatic heterocycles. The smallest absolute Gasteiger partial charge is 0.253 e.